The number of benzene rings is 1. The van der Waals surface area contributed by atoms with Gasteiger partial charge in [0.25, 0.3) is 0 Å². The lowest BCUT2D eigenvalue weighted by atomic mass is 9.94. The SMILES string of the molecule is CCCC(C)CN1c2ccccc2CCC1CN. The summed E-state index contributed by atoms with van der Waals surface area (Å²) in [7, 11) is 0. The van der Waals surface area contributed by atoms with Crippen molar-refractivity contribution in [3.05, 3.63) is 29.8 Å². The highest BCUT2D eigenvalue weighted by atomic mass is 15.2. The molecule has 1 aromatic carbocycles. The molecule has 18 heavy (non-hydrogen) atoms. The van der Waals surface area contributed by atoms with E-state index in [0.717, 1.165) is 19.0 Å². The van der Waals surface area contributed by atoms with Gasteiger partial charge in [-0.05, 0) is 36.8 Å². The first kappa shape index (κ1) is 13.4. The fourth-order valence-corrected chi connectivity index (χ4v) is 3.09. The summed E-state index contributed by atoms with van der Waals surface area (Å²) >= 11 is 0. The van der Waals surface area contributed by atoms with Crippen LogP contribution in [-0.2, 0) is 6.42 Å². The van der Waals surface area contributed by atoms with Crippen molar-refractivity contribution in [3.8, 4) is 0 Å². The molecule has 1 aliphatic heterocycles. The number of fused-ring (bicyclic) bond motifs is 1. The van der Waals surface area contributed by atoms with E-state index in [-0.39, 0.29) is 0 Å². The van der Waals surface area contributed by atoms with Crippen molar-refractivity contribution in [2.24, 2.45) is 11.7 Å². The first-order chi connectivity index (χ1) is 8.76. The quantitative estimate of drug-likeness (QED) is 0.864. The molecule has 2 heteroatoms. The number of rotatable bonds is 5. The van der Waals surface area contributed by atoms with E-state index >= 15 is 0 Å². The number of anilines is 1. The Bertz CT molecular complexity index is 375. The molecule has 100 valence electrons. The molecule has 1 aliphatic rings. The third-order valence-electron chi connectivity index (χ3n) is 4.05. The number of nitrogens with zero attached hydrogens (tertiary/aromatic N) is 1. The van der Waals surface area contributed by atoms with E-state index in [9.17, 15) is 0 Å². The molecule has 0 aliphatic carbocycles. The fraction of sp³-hybridized carbons (Fsp3) is 0.625. The van der Waals surface area contributed by atoms with Crippen LogP contribution in [0.2, 0.25) is 0 Å². The van der Waals surface area contributed by atoms with Crippen molar-refractivity contribution < 1.29 is 0 Å². The van der Waals surface area contributed by atoms with Gasteiger partial charge < -0.3 is 10.6 Å². The first-order valence-electron chi connectivity index (χ1n) is 7.30. The minimum atomic E-state index is 0.527. The van der Waals surface area contributed by atoms with Gasteiger partial charge in [-0.1, -0.05) is 38.5 Å². The molecular weight excluding hydrogens is 220 g/mol. The molecule has 2 nitrogen and oxygen atoms in total. The van der Waals surface area contributed by atoms with Crippen LogP contribution in [0.25, 0.3) is 0 Å². The lowest BCUT2D eigenvalue weighted by Crippen LogP contribution is -2.46. The van der Waals surface area contributed by atoms with E-state index in [4.69, 9.17) is 5.73 Å². The molecule has 0 saturated heterocycles. The van der Waals surface area contributed by atoms with Crippen LogP contribution in [0.15, 0.2) is 24.3 Å². The van der Waals surface area contributed by atoms with Gasteiger partial charge in [0.15, 0.2) is 0 Å². The Labute approximate surface area is 111 Å². The molecule has 0 spiro atoms. The van der Waals surface area contributed by atoms with Gasteiger partial charge in [-0.15, -0.1) is 0 Å². The maximum atomic E-state index is 5.96. The van der Waals surface area contributed by atoms with Crippen molar-refractivity contribution >= 4 is 5.69 Å². The largest absolute Gasteiger partial charge is 0.367 e. The number of hydrogen-bond acceptors (Lipinski definition) is 2. The second-order valence-electron chi connectivity index (χ2n) is 5.60. The van der Waals surface area contributed by atoms with Gasteiger partial charge in [0.05, 0.1) is 0 Å². The van der Waals surface area contributed by atoms with Gasteiger partial charge >= 0.3 is 0 Å². The van der Waals surface area contributed by atoms with Gasteiger partial charge in [0.2, 0.25) is 0 Å². The van der Waals surface area contributed by atoms with E-state index in [1.54, 1.807) is 0 Å². The molecule has 0 aromatic heterocycles. The number of para-hydroxylation sites is 1. The smallest absolute Gasteiger partial charge is 0.0415 e. The molecule has 0 saturated carbocycles. The maximum Gasteiger partial charge on any atom is 0.0415 e. The Morgan fingerprint density at radius 3 is 2.89 bits per heavy atom. The summed E-state index contributed by atoms with van der Waals surface area (Å²) in [5.74, 6) is 0.746. The number of hydrogen-bond donors (Lipinski definition) is 1. The highest BCUT2D eigenvalue weighted by Gasteiger charge is 2.25. The number of nitrogens with two attached hydrogens (primary N) is 1. The van der Waals surface area contributed by atoms with Crippen LogP contribution in [0.3, 0.4) is 0 Å². The Balaban J connectivity index is 2.18. The average molecular weight is 246 g/mol. The molecular formula is C16H26N2. The van der Waals surface area contributed by atoms with Crippen LogP contribution in [0.5, 0.6) is 0 Å². The summed E-state index contributed by atoms with van der Waals surface area (Å²) in [5.41, 5.74) is 8.87. The van der Waals surface area contributed by atoms with E-state index in [1.807, 2.05) is 0 Å². The summed E-state index contributed by atoms with van der Waals surface area (Å²) in [5, 5.41) is 0. The lowest BCUT2D eigenvalue weighted by molar-refractivity contribution is 0.453. The molecule has 0 bridgehead atoms. The molecule has 2 unspecified atom stereocenters. The van der Waals surface area contributed by atoms with Crippen LogP contribution in [0.1, 0.15) is 38.7 Å². The summed E-state index contributed by atoms with van der Waals surface area (Å²) in [6.07, 6.45) is 4.95. The van der Waals surface area contributed by atoms with Gasteiger partial charge in [-0.25, -0.2) is 0 Å². The fourth-order valence-electron chi connectivity index (χ4n) is 3.09. The Hall–Kier alpha value is -1.02. The topological polar surface area (TPSA) is 29.3 Å². The summed E-state index contributed by atoms with van der Waals surface area (Å²) in [4.78, 5) is 2.55. The number of aryl methyl sites for hydroxylation is 1. The summed E-state index contributed by atoms with van der Waals surface area (Å²) in [6, 6.07) is 9.35. The van der Waals surface area contributed by atoms with E-state index in [0.29, 0.717) is 6.04 Å². The lowest BCUT2D eigenvalue weighted by Gasteiger charge is -2.40. The van der Waals surface area contributed by atoms with Gasteiger partial charge in [-0.3, -0.25) is 0 Å². The summed E-state index contributed by atoms with van der Waals surface area (Å²) in [6.45, 7) is 6.54. The zero-order valence-electron chi connectivity index (χ0n) is 11.7. The molecule has 2 rings (SSSR count). The van der Waals surface area contributed by atoms with Crippen molar-refractivity contribution in [2.45, 2.75) is 45.6 Å². The average Bonchev–Trinajstić information content (AvgIpc) is 2.39. The van der Waals surface area contributed by atoms with Crippen molar-refractivity contribution in [3.63, 3.8) is 0 Å². The molecule has 1 aromatic rings. The van der Waals surface area contributed by atoms with Crippen LogP contribution in [-0.4, -0.2) is 19.1 Å². The van der Waals surface area contributed by atoms with E-state index < -0.39 is 0 Å². The minimum Gasteiger partial charge on any atom is -0.367 e. The Kier molecular flexibility index (Phi) is 4.65. The van der Waals surface area contributed by atoms with Crippen LogP contribution >= 0.6 is 0 Å². The normalized spacial score (nSPS) is 20.6. The van der Waals surface area contributed by atoms with E-state index in [1.165, 1.54) is 36.9 Å². The molecule has 0 fully saturated rings. The van der Waals surface area contributed by atoms with Gasteiger partial charge in [0.1, 0.15) is 0 Å². The molecule has 1 heterocycles. The first-order valence-corrected chi connectivity index (χ1v) is 7.30. The Morgan fingerprint density at radius 1 is 1.39 bits per heavy atom. The van der Waals surface area contributed by atoms with Crippen molar-refractivity contribution in [2.75, 3.05) is 18.0 Å². The molecule has 2 N–H and O–H groups in total. The predicted molar refractivity (Wildman–Crippen MR) is 79.0 cm³/mol. The van der Waals surface area contributed by atoms with Gasteiger partial charge in [-0.2, -0.15) is 0 Å². The minimum absolute atomic E-state index is 0.527. The van der Waals surface area contributed by atoms with Crippen molar-refractivity contribution in [1.82, 2.24) is 0 Å². The highest BCUT2D eigenvalue weighted by molar-refractivity contribution is 5.56. The molecule has 2 atom stereocenters. The standard InChI is InChI=1S/C16H26N2/c1-3-6-13(2)12-18-15(11-17)10-9-14-7-4-5-8-16(14)18/h4-5,7-8,13,15H,3,6,9-12,17H2,1-2H3. The zero-order chi connectivity index (χ0) is 13.0. The van der Waals surface area contributed by atoms with Crippen molar-refractivity contribution in [1.29, 1.82) is 0 Å². The monoisotopic (exact) mass is 246 g/mol. The summed E-state index contributed by atoms with van der Waals surface area (Å²) < 4.78 is 0. The maximum absolute atomic E-state index is 5.96. The predicted octanol–water partition coefficient (Wildman–Crippen LogP) is 3.20. The van der Waals surface area contributed by atoms with Crippen LogP contribution < -0.4 is 10.6 Å². The van der Waals surface area contributed by atoms with Gasteiger partial charge in [0, 0.05) is 24.8 Å². The second kappa shape index (κ2) is 6.24. The zero-order valence-corrected chi connectivity index (χ0v) is 11.7. The third-order valence-corrected chi connectivity index (χ3v) is 4.05. The highest BCUT2D eigenvalue weighted by Crippen LogP contribution is 2.31. The third kappa shape index (κ3) is 2.86. The van der Waals surface area contributed by atoms with E-state index in [2.05, 4.69) is 43.0 Å². The second-order valence-corrected chi connectivity index (χ2v) is 5.60. The van der Waals surface area contributed by atoms with Crippen LogP contribution in [0, 0.1) is 5.92 Å². The molecule has 0 amide bonds. The molecule has 0 radical (unpaired) electrons. The Morgan fingerprint density at radius 2 is 2.17 bits per heavy atom. The van der Waals surface area contributed by atoms with Crippen LogP contribution in [0.4, 0.5) is 5.69 Å².